The third-order valence-corrected chi connectivity index (χ3v) is 3.88. The summed E-state index contributed by atoms with van der Waals surface area (Å²) in [5.41, 5.74) is 1.12. The van der Waals surface area contributed by atoms with Crippen molar-refractivity contribution in [3.8, 4) is 0 Å². The first-order valence-corrected chi connectivity index (χ1v) is 6.73. The summed E-state index contributed by atoms with van der Waals surface area (Å²) < 4.78 is 1.04. The predicted octanol–water partition coefficient (Wildman–Crippen LogP) is 2.24. The van der Waals surface area contributed by atoms with Crippen molar-refractivity contribution >= 4 is 21.8 Å². The summed E-state index contributed by atoms with van der Waals surface area (Å²) in [7, 11) is 0. The highest BCUT2D eigenvalue weighted by Gasteiger charge is 2.23. The first-order chi connectivity index (χ1) is 8.18. The smallest absolute Gasteiger partial charge is 0.224 e. The number of hydrogen-bond acceptors (Lipinski definition) is 2. The van der Waals surface area contributed by atoms with Crippen molar-refractivity contribution in [2.75, 3.05) is 13.1 Å². The molecular weight excluding hydrogens is 280 g/mol. The normalized spacial score (nSPS) is 21.2. The van der Waals surface area contributed by atoms with Gasteiger partial charge >= 0.3 is 0 Å². The SMILES string of the molecule is C[C@@H](NC(=O)C1CCNC1)c1ccccc1Br. The molecule has 1 aromatic rings. The van der Waals surface area contributed by atoms with Crippen molar-refractivity contribution in [3.63, 3.8) is 0 Å². The number of benzene rings is 1. The zero-order valence-electron chi connectivity index (χ0n) is 9.87. The summed E-state index contributed by atoms with van der Waals surface area (Å²) in [5, 5.41) is 6.28. The van der Waals surface area contributed by atoms with Crippen LogP contribution in [0, 0.1) is 5.92 Å². The lowest BCUT2D eigenvalue weighted by Gasteiger charge is -2.18. The second-order valence-corrected chi connectivity index (χ2v) is 5.30. The maximum atomic E-state index is 12.0. The van der Waals surface area contributed by atoms with Crippen molar-refractivity contribution < 1.29 is 4.79 Å². The van der Waals surface area contributed by atoms with Gasteiger partial charge in [-0.05, 0) is 31.5 Å². The van der Waals surface area contributed by atoms with Gasteiger partial charge in [-0.15, -0.1) is 0 Å². The number of halogens is 1. The molecule has 92 valence electrons. The van der Waals surface area contributed by atoms with E-state index >= 15 is 0 Å². The number of amides is 1. The van der Waals surface area contributed by atoms with Gasteiger partial charge in [0, 0.05) is 11.0 Å². The lowest BCUT2D eigenvalue weighted by atomic mass is 10.1. The van der Waals surface area contributed by atoms with Gasteiger partial charge in [0.2, 0.25) is 5.91 Å². The highest BCUT2D eigenvalue weighted by Crippen LogP contribution is 2.23. The van der Waals surface area contributed by atoms with Crippen LogP contribution in [-0.2, 0) is 4.79 Å². The van der Waals surface area contributed by atoms with Crippen molar-refractivity contribution in [2.24, 2.45) is 5.92 Å². The fourth-order valence-electron chi connectivity index (χ4n) is 2.11. The van der Waals surface area contributed by atoms with Crippen molar-refractivity contribution in [3.05, 3.63) is 34.3 Å². The van der Waals surface area contributed by atoms with Gasteiger partial charge in [-0.2, -0.15) is 0 Å². The molecule has 2 rings (SSSR count). The third kappa shape index (κ3) is 3.07. The molecule has 2 atom stereocenters. The molecule has 0 aliphatic carbocycles. The molecule has 1 saturated heterocycles. The molecule has 17 heavy (non-hydrogen) atoms. The highest BCUT2D eigenvalue weighted by atomic mass is 79.9. The van der Waals surface area contributed by atoms with E-state index in [1.54, 1.807) is 0 Å². The van der Waals surface area contributed by atoms with Gasteiger partial charge in [0.05, 0.1) is 12.0 Å². The van der Waals surface area contributed by atoms with Gasteiger partial charge in [-0.25, -0.2) is 0 Å². The molecule has 3 nitrogen and oxygen atoms in total. The molecule has 0 saturated carbocycles. The van der Waals surface area contributed by atoms with E-state index in [1.807, 2.05) is 31.2 Å². The second kappa shape index (κ2) is 5.65. The zero-order chi connectivity index (χ0) is 12.3. The topological polar surface area (TPSA) is 41.1 Å². The molecule has 1 aliphatic heterocycles. The highest BCUT2D eigenvalue weighted by molar-refractivity contribution is 9.10. The van der Waals surface area contributed by atoms with E-state index in [-0.39, 0.29) is 17.9 Å². The van der Waals surface area contributed by atoms with E-state index in [0.717, 1.165) is 29.5 Å². The summed E-state index contributed by atoms with van der Waals surface area (Å²) in [6.45, 7) is 3.76. The van der Waals surface area contributed by atoms with Crippen LogP contribution in [0.15, 0.2) is 28.7 Å². The van der Waals surface area contributed by atoms with Crippen molar-refractivity contribution in [1.82, 2.24) is 10.6 Å². The van der Waals surface area contributed by atoms with Gasteiger partial charge < -0.3 is 10.6 Å². The second-order valence-electron chi connectivity index (χ2n) is 4.44. The lowest BCUT2D eigenvalue weighted by Crippen LogP contribution is -2.33. The Labute approximate surface area is 110 Å². The van der Waals surface area contributed by atoms with Gasteiger partial charge in [-0.1, -0.05) is 34.1 Å². The molecule has 1 unspecified atom stereocenters. The summed E-state index contributed by atoms with van der Waals surface area (Å²) in [6.07, 6.45) is 0.939. The third-order valence-electron chi connectivity index (χ3n) is 3.16. The number of rotatable bonds is 3. The molecular formula is C13H17BrN2O. The Bertz CT molecular complexity index is 402. The van der Waals surface area contributed by atoms with Gasteiger partial charge in [0.1, 0.15) is 0 Å². The summed E-state index contributed by atoms with van der Waals surface area (Å²) in [5.74, 6) is 0.276. The first-order valence-electron chi connectivity index (χ1n) is 5.94. The molecule has 4 heteroatoms. The molecule has 2 N–H and O–H groups in total. The fourth-order valence-corrected chi connectivity index (χ4v) is 2.74. The van der Waals surface area contributed by atoms with E-state index in [0.29, 0.717) is 0 Å². The zero-order valence-corrected chi connectivity index (χ0v) is 11.5. The average Bonchev–Trinajstić information content (AvgIpc) is 2.82. The molecule has 1 amide bonds. The van der Waals surface area contributed by atoms with E-state index in [2.05, 4.69) is 26.6 Å². The monoisotopic (exact) mass is 296 g/mol. The Balaban J connectivity index is 1.99. The van der Waals surface area contributed by atoms with Crippen LogP contribution in [0.4, 0.5) is 0 Å². The Hall–Kier alpha value is -0.870. The predicted molar refractivity (Wildman–Crippen MR) is 71.7 cm³/mol. The van der Waals surface area contributed by atoms with Crippen molar-refractivity contribution in [2.45, 2.75) is 19.4 Å². The van der Waals surface area contributed by atoms with E-state index in [9.17, 15) is 4.79 Å². The standard InChI is InChI=1S/C13H17BrN2O/c1-9(11-4-2-3-5-12(11)14)16-13(17)10-6-7-15-8-10/h2-5,9-10,15H,6-8H2,1H3,(H,16,17)/t9-,10?/m1/s1. The Morgan fingerprint density at radius 3 is 2.94 bits per heavy atom. The molecule has 1 aromatic carbocycles. The lowest BCUT2D eigenvalue weighted by molar-refractivity contribution is -0.125. The summed E-state index contributed by atoms with van der Waals surface area (Å²) in [6, 6.07) is 8.03. The molecule has 1 aliphatic rings. The van der Waals surface area contributed by atoms with E-state index < -0.39 is 0 Å². The molecule has 0 aromatic heterocycles. The van der Waals surface area contributed by atoms with Crippen LogP contribution in [-0.4, -0.2) is 19.0 Å². The van der Waals surface area contributed by atoms with E-state index in [1.165, 1.54) is 0 Å². The molecule has 1 fully saturated rings. The molecule has 1 heterocycles. The fraction of sp³-hybridized carbons (Fsp3) is 0.462. The minimum absolute atomic E-state index is 0.0404. The quantitative estimate of drug-likeness (QED) is 0.898. The van der Waals surface area contributed by atoms with Crippen LogP contribution in [0.3, 0.4) is 0 Å². The average molecular weight is 297 g/mol. The van der Waals surface area contributed by atoms with Crippen molar-refractivity contribution in [1.29, 1.82) is 0 Å². The maximum absolute atomic E-state index is 12.0. The Morgan fingerprint density at radius 2 is 2.29 bits per heavy atom. The largest absolute Gasteiger partial charge is 0.349 e. The molecule has 0 bridgehead atoms. The van der Waals surface area contributed by atoms with Crippen LogP contribution >= 0.6 is 15.9 Å². The van der Waals surface area contributed by atoms with Gasteiger partial charge in [0.15, 0.2) is 0 Å². The van der Waals surface area contributed by atoms with Crippen LogP contribution in [0.2, 0.25) is 0 Å². The number of hydrogen-bond donors (Lipinski definition) is 2. The van der Waals surface area contributed by atoms with Crippen LogP contribution < -0.4 is 10.6 Å². The number of carbonyl (C=O) groups is 1. The number of carbonyl (C=O) groups excluding carboxylic acids is 1. The molecule has 0 radical (unpaired) electrons. The Morgan fingerprint density at radius 1 is 1.53 bits per heavy atom. The number of nitrogens with one attached hydrogen (secondary N) is 2. The summed E-state index contributed by atoms with van der Waals surface area (Å²) in [4.78, 5) is 12.0. The minimum atomic E-state index is 0.0404. The maximum Gasteiger partial charge on any atom is 0.224 e. The van der Waals surface area contributed by atoms with E-state index in [4.69, 9.17) is 0 Å². The first kappa shape index (κ1) is 12.6. The minimum Gasteiger partial charge on any atom is -0.349 e. The van der Waals surface area contributed by atoms with Crippen LogP contribution in [0.1, 0.15) is 24.9 Å². The molecule has 0 spiro atoms. The Kier molecular flexibility index (Phi) is 4.18. The van der Waals surface area contributed by atoms with Crippen LogP contribution in [0.5, 0.6) is 0 Å². The van der Waals surface area contributed by atoms with Crippen LogP contribution in [0.25, 0.3) is 0 Å². The summed E-state index contributed by atoms with van der Waals surface area (Å²) >= 11 is 3.51. The van der Waals surface area contributed by atoms with Gasteiger partial charge in [-0.3, -0.25) is 4.79 Å². The van der Waals surface area contributed by atoms with Gasteiger partial charge in [0.25, 0.3) is 0 Å².